The second-order valence-corrected chi connectivity index (χ2v) is 5.40. The van der Waals surface area contributed by atoms with Crippen LogP contribution in [0.25, 0.3) is 0 Å². The number of hydrogen-bond acceptors (Lipinski definition) is 3. The van der Waals surface area contributed by atoms with Gasteiger partial charge in [0, 0.05) is 19.3 Å². The highest BCUT2D eigenvalue weighted by Gasteiger charge is 2.49. The molecule has 2 fully saturated rings. The van der Waals surface area contributed by atoms with Gasteiger partial charge in [-0.15, -0.1) is 0 Å². The van der Waals surface area contributed by atoms with E-state index in [-0.39, 0.29) is 0 Å². The quantitative estimate of drug-likeness (QED) is 0.634. The summed E-state index contributed by atoms with van der Waals surface area (Å²) in [6.07, 6.45) is 5.05. The Balaban J connectivity index is 1.98. The zero-order chi connectivity index (χ0) is 9.47. The summed E-state index contributed by atoms with van der Waals surface area (Å²) in [4.78, 5) is 2.46. The van der Waals surface area contributed by atoms with E-state index in [0.717, 1.165) is 5.92 Å². The molecule has 0 spiro atoms. The molecule has 1 aliphatic carbocycles. The van der Waals surface area contributed by atoms with Crippen LogP contribution in [-0.4, -0.2) is 37.4 Å². The summed E-state index contributed by atoms with van der Waals surface area (Å²) in [5.41, 5.74) is 0.537. The minimum absolute atomic E-state index is 0.513. The molecule has 3 atom stereocenters. The zero-order valence-electron chi connectivity index (χ0n) is 8.75. The van der Waals surface area contributed by atoms with Crippen LogP contribution < -0.4 is 0 Å². The summed E-state index contributed by atoms with van der Waals surface area (Å²) >= 11 is 1.52. The van der Waals surface area contributed by atoms with E-state index in [0.29, 0.717) is 11.5 Å². The lowest BCUT2D eigenvalue weighted by molar-refractivity contribution is 0.205. The van der Waals surface area contributed by atoms with Crippen molar-refractivity contribution in [2.75, 3.05) is 26.4 Å². The van der Waals surface area contributed by atoms with Gasteiger partial charge in [-0.2, -0.15) is 0 Å². The third-order valence-electron chi connectivity index (χ3n) is 3.62. The normalized spacial score (nSPS) is 45.5. The fraction of sp³-hybridized carbons (Fsp3) is 1.00. The van der Waals surface area contributed by atoms with Gasteiger partial charge >= 0.3 is 0 Å². The van der Waals surface area contributed by atoms with Gasteiger partial charge in [0.05, 0.1) is 6.10 Å². The molecule has 0 aromatic rings. The van der Waals surface area contributed by atoms with Crippen LogP contribution in [0.2, 0.25) is 0 Å². The molecule has 1 heterocycles. The maximum atomic E-state index is 5.64. The fourth-order valence-electron chi connectivity index (χ4n) is 3.13. The van der Waals surface area contributed by atoms with Crippen LogP contribution in [0.1, 0.15) is 19.8 Å². The first-order valence-corrected chi connectivity index (χ1v) is 6.17. The van der Waals surface area contributed by atoms with Crippen molar-refractivity contribution in [3.63, 3.8) is 0 Å². The molecule has 1 aliphatic heterocycles. The average Bonchev–Trinajstić information content (AvgIpc) is 2.39. The highest BCUT2D eigenvalue weighted by molar-refractivity contribution is 7.93. The molecule has 2 aliphatic rings. The Morgan fingerprint density at radius 2 is 2.31 bits per heavy atom. The molecule has 0 aromatic carbocycles. The minimum Gasteiger partial charge on any atom is -0.312 e. The predicted octanol–water partition coefficient (Wildman–Crippen LogP) is 2.01. The molecule has 1 saturated carbocycles. The van der Waals surface area contributed by atoms with Gasteiger partial charge in [-0.25, -0.2) is 0 Å². The third kappa shape index (κ3) is 1.74. The Kier molecular flexibility index (Phi) is 2.60. The summed E-state index contributed by atoms with van der Waals surface area (Å²) in [5, 5.41) is 0. The lowest BCUT2D eigenvalue weighted by atomic mass is 9.83. The van der Waals surface area contributed by atoms with Crippen LogP contribution in [0.15, 0.2) is 0 Å². The smallest absolute Gasteiger partial charge is 0.0731 e. The van der Waals surface area contributed by atoms with E-state index in [1.165, 1.54) is 38.0 Å². The van der Waals surface area contributed by atoms with E-state index in [1.54, 1.807) is 0 Å². The van der Waals surface area contributed by atoms with Crippen molar-refractivity contribution < 1.29 is 4.18 Å². The van der Waals surface area contributed by atoms with Gasteiger partial charge in [0.25, 0.3) is 0 Å². The van der Waals surface area contributed by atoms with E-state index in [4.69, 9.17) is 4.18 Å². The molecular formula is C10H19NOS. The highest BCUT2D eigenvalue weighted by Crippen LogP contribution is 2.49. The van der Waals surface area contributed by atoms with Gasteiger partial charge in [0.1, 0.15) is 0 Å². The summed E-state index contributed by atoms with van der Waals surface area (Å²) < 4.78 is 5.64. The Bertz CT molecular complexity index is 199. The topological polar surface area (TPSA) is 12.5 Å². The molecule has 0 amide bonds. The highest BCUT2D eigenvalue weighted by atomic mass is 32.2. The first kappa shape index (κ1) is 9.81. The number of likely N-dealkylation sites (tertiary alicyclic amines) is 1. The van der Waals surface area contributed by atoms with Crippen molar-refractivity contribution in [1.82, 2.24) is 4.90 Å². The maximum absolute atomic E-state index is 5.64. The van der Waals surface area contributed by atoms with Crippen LogP contribution in [0, 0.1) is 11.3 Å². The summed E-state index contributed by atoms with van der Waals surface area (Å²) in [6.45, 7) is 4.95. The van der Waals surface area contributed by atoms with Crippen molar-refractivity contribution >= 4 is 12.0 Å². The SMILES string of the molecule is CSOC1C[C@@H]2CN(C)C[C@]2(C)C1. The van der Waals surface area contributed by atoms with Crippen LogP contribution in [-0.2, 0) is 4.18 Å². The van der Waals surface area contributed by atoms with Crippen molar-refractivity contribution in [2.45, 2.75) is 25.9 Å². The molecule has 0 aromatic heterocycles. The Hall–Kier alpha value is 0.270. The van der Waals surface area contributed by atoms with Crippen LogP contribution in [0.4, 0.5) is 0 Å². The van der Waals surface area contributed by atoms with Gasteiger partial charge in [0.2, 0.25) is 0 Å². The summed E-state index contributed by atoms with van der Waals surface area (Å²) in [7, 11) is 2.23. The van der Waals surface area contributed by atoms with Crippen molar-refractivity contribution in [1.29, 1.82) is 0 Å². The summed E-state index contributed by atoms with van der Waals surface area (Å²) in [5.74, 6) is 0.870. The Labute approximate surface area is 85.2 Å². The lowest BCUT2D eigenvalue weighted by Gasteiger charge is -2.22. The number of rotatable bonds is 2. The molecule has 76 valence electrons. The summed E-state index contributed by atoms with van der Waals surface area (Å²) in [6, 6.07) is 0. The van der Waals surface area contributed by atoms with E-state index < -0.39 is 0 Å². The number of fused-ring (bicyclic) bond motifs is 1. The monoisotopic (exact) mass is 201 g/mol. The fourth-order valence-corrected chi connectivity index (χ4v) is 3.55. The van der Waals surface area contributed by atoms with Gasteiger partial charge in [-0.05, 0) is 43.3 Å². The molecule has 13 heavy (non-hydrogen) atoms. The Morgan fingerprint density at radius 1 is 1.54 bits per heavy atom. The van der Waals surface area contributed by atoms with Gasteiger partial charge in [-0.3, -0.25) is 0 Å². The van der Waals surface area contributed by atoms with Gasteiger partial charge < -0.3 is 9.08 Å². The van der Waals surface area contributed by atoms with Crippen LogP contribution in [0.3, 0.4) is 0 Å². The van der Waals surface area contributed by atoms with Crippen molar-refractivity contribution in [2.24, 2.45) is 11.3 Å². The molecule has 0 N–H and O–H groups in total. The molecule has 1 unspecified atom stereocenters. The standard InChI is InChI=1S/C10H19NOS/c1-10-5-9(12-13-3)4-8(10)6-11(2)7-10/h8-9H,4-7H2,1-3H3/t8-,9?,10+/m1/s1. The molecular weight excluding hydrogens is 182 g/mol. The molecule has 2 nitrogen and oxygen atoms in total. The average molecular weight is 201 g/mol. The van der Waals surface area contributed by atoms with E-state index in [2.05, 4.69) is 18.9 Å². The largest absolute Gasteiger partial charge is 0.312 e. The molecule has 3 heteroatoms. The Morgan fingerprint density at radius 3 is 2.92 bits per heavy atom. The van der Waals surface area contributed by atoms with E-state index in [9.17, 15) is 0 Å². The van der Waals surface area contributed by atoms with Crippen molar-refractivity contribution in [3.05, 3.63) is 0 Å². The van der Waals surface area contributed by atoms with E-state index >= 15 is 0 Å². The minimum atomic E-state index is 0.513. The number of hydrogen-bond donors (Lipinski definition) is 0. The molecule has 2 rings (SSSR count). The first-order valence-electron chi connectivity index (χ1n) is 5.02. The lowest BCUT2D eigenvalue weighted by Crippen LogP contribution is -2.23. The third-order valence-corrected chi connectivity index (χ3v) is 4.09. The second kappa shape index (κ2) is 3.44. The molecule has 0 radical (unpaired) electrons. The molecule has 1 saturated heterocycles. The van der Waals surface area contributed by atoms with Gasteiger partial charge in [-0.1, -0.05) is 6.92 Å². The zero-order valence-corrected chi connectivity index (χ0v) is 9.56. The van der Waals surface area contributed by atoms with E-state index in [1.807, 2.05) is 6.26 Å². The number of nitrogens with zero attached hydrogens (tertiary/aromatic N) is 1. The van der Waals surface area contributed by atoms with Crippen LogP contribution in [0.5, 0.6) is 0 Å². The van der Waals surface area contributed by atoms with Crippen molar-refractivity contribution in [3.8, 4) is 0 Å². The second-order valence-electron chi connectivity index (χ2n) is 4.87. The first-order chi connectivity index (χ1) is 6.14. The van der Waals surface area contributed by atoms with Gasteiger partial charge in [0.15, 0.2) is 0 Å². The predicted molar refractivity (Wildman–Crippen MR) is 56.7 cm³/mol. The maximum Gasteiger partial charge on any atom is 0.0731 e. The van der Waals surface area contributed by atoms with Crippen LogP contribution >= 0.6 is 12.0 Å². The molecule has 0 bridgehead atoms.